The molecule has 1 aliphatic heterocycles. The van der Waals surface area contributed by atoms with E-state index in [1.54, 1.807) is 0 Å². The van der Waals surface area contributed by atoms with E-state index >= 15 is 0 Å². The molecule has 0 fully saturated rings. The molecule has 0 saturated heterocycles. The molecule has 0 saturated carbocycles. The zero-order chi connectivity index (χ0) is 21.3. The van der Waals surface area contributed by atoms with Gasteiger partial charge in [0.15, 0.2) is 0 Å². The minimum absolute atomic E-state index is 0.240. The van der Waals surface area contributed by atoms with Crippen LogP contribution in [-0.4, -0.2) is 36.1 Å². The van der Waals surface area contributed by atoms with Gasteiger partial charge >= 0.3 is 0 Å². The first-order valence-corrected chi connectivity index (χ1v) is 11.4. The van der Waals surface area contributed by atoms with Crippen LogP contribution in [0.2, 0.25) is 0 Å². The van der Waals surface area contributed by atoms with Crippen LogP contribution in [-0.2, 0) is 0 Å². The molecule has 1 aliphatic rings. The lowest BCUT2D eigenvalue weighted by Gasteiger charge is -2.20. The second-order valence-electron chi connectivity index (χ2n) is 8.38. The van der Waals surface area contributed by atoms with Gasteiger partial charge in [-0.05, 0) is 91.0 Å². The lowest BCUT2D eigenvalue weighted by atomic mass is 10.1. The molecule has 0 radical (unpaired) electrons. The van der Waals surface area contributed by atoms with Crippen LogP contribution in [0, 0.1) is 0 Å². The van der Waals surface area contributed by atoms with Crippen LogP contribution in [0.3, 0.4) is 0 Å². The third kappa shape index (κ3) is 6.57. The van der Waals surface area contributed by atoms with Gasteiger partial charge in [-0.15, -0.1) is 0 Å². The van der Waals surface area contributed by atoms with Crippen molar-refractivity contribution in [3.8, 4) is 0 Å². The summed E-state index contributed by atoms with van der Waals surface area (Å²) in [5.41, 5.74) is 4.42. The summed E-state index contributed by atoms with van der Waals surface area (Å²) < 4.78 is 0. The van der Waals surface area contributed by atoms with Crippen molar-refractivity contribution < 1.29 is 0 Å². The van der Waals surface area contributed by atoms with E-state index in [1.807, 2.05) is 0 Å². The Morgan fingerprint density at radius 3 is 1.07 bits per heavy atom. The van der Waals surface area contributed by atoms with E-state index in [9.17, 15) is 0 Å². The molecule has 6 heteroatoms. The Morgan fingerprint density at radius 1 is 0.533 bits per heavy atom. The summed E-state index contributed by atoms with van der Waals surface area (Å²) >= 11 is 0. The molecule has 4 N–H and O–H groups in total. The van der Waals surface area contributed by atoms with E-state index in [4.69, 9.17) is 9.97 Å². The zero-order valence-corrected chi connectivity index (χ0v) is 18.9. The number of nitrogens with one attached hydrogen (secondary N) is 4. The van der Waals surface area contributed by atoms with E-state index in [0.717, 1.165) is 61.8 Å². The highest BCUT2D eigenvalue weighted by atomic mass is 15.0. The first kappa shape index (κ1) is 22.8. The SMILES string of the molecule is C[C@@H]1NCCCN[C@@H](C)c2cccc(n2)[C@H](C)NCCCN[C@@H](C)c2cccc1n2. The van der Waals surface area contributed by atoms with Crippen molar-refractivity contribution in [1.29, 1.82) is 0 Å². The number of hydrogen-bond donors (Lipinski definition) is 4. The molecule has 0 aliphatic carbocycles. The van der Waals surface area contributed by atoms with Gasteiger partial charge in [0.1, 0.15) is 0 Å². The Hall–Kier alpha value is -1.86. The smallest absolute Gasteiger partial charge is 0.0574 e. The molecule has 0 aromatic carbocycles. The molecular formula is C24H38N6. The summed E-state index contributed by atoms with van der Waals surface area (Å²) in [5.74, 6) is 0. The highest BCUT2D eigenvalue weighted by Gasteiger charge is 2.13. The topological polar surface area (TPSA) is 73.9 Å². The molecule has 164 valence electrons. The molecule has 4 atom stereocenters. The molecule has 6 nitrogen and oxygen atoms in total. The minimum atomic E-state index is 0.240. The maximum atomic E-state index is 4.90. The highest BCUT2D eigenvalue weighted by molar-refractivity contribution is 5.17. The molecule has 2 aromatic heterocycles. The first-order chi connectivity index (χ1) is 14.5. The van der Waals surface area contributed by atoms with Gasteiger partial charge in [0.2, 0.25) is 0 Å². The van der Waals surface area contributed by atoms with Crippen LogP contribution in [0.1, 0.15) is 87.5 Å². The van der Waals surface area contributed by atoms with Crippen LogP contribution in [0.15, 0.2) is 36.4 Å². The summed E-state index contributed by atoms with van der Waals surface area (Å²) in [7, 11) is 0. The Morgan fingerprint density at radius 2 is 0.800 bits per heavy atom. The van der Waals surface area contributed by atoms with Gasteiger partial charge in [-0.1, -0.05) is 12.1 Å². The summed E-state index contributed by atoms with van der Waals surface area (Å²) in [5, 5.41) is 14.4. The number of pyridine rings is 2. The van der Waals surface area contributed by atoms with Crippen LogP contribution in [0.25, 0.3) is 0 Å². The fraction of sp³-hybridized carbons (Fsp3) is 0.583. The van der Waals surface area contributed by atoms with E-state index in [0.29, 0.717) is 0 Å². The van der Waals surface area contributed by atoms with Gasteiger partial charge in [-0.3, -0.25) is 9.97 Å². The standard InChI is InChI=1S/C24H38N6/c1-17-21-9-5-10-22(29-21)18(2)27-15-8-16-28-20(4)24-12-6-11-23(30-24)19(3)26-14-7-13-25-17/h5-6,9-12,17-20,25-28H,7-8,13-16H2,1-4H3/t17-,18-,19-,20-/m0/s1. The number of hydrogen-bond acceptors (Lipinski definition) is 6. The van der Waals surface area contributed by atoms with E-state index in [2.05, 4.69) is 85.4 Å². The number of rotatable bonds is 0. The van der Waals surface area contributed by atoms with Gasteiger partial charge in [0.25, 0.3) is 0 Å². The maximum Gasteiger partial charge on any atom is 0.0574 e. The Balaban J connectivity index is 1.68. The Labute approximate surface area is 181 Å². The molecular weight excluding hydrogens is 372 g/mol. The lowest BCUT2D eigenvalue weighted by molar-refractivity contribution is 0.483. The van der Waals surface area contributed by atoms with Crippen molar-refractivity contribution in [1.82, 2.24) is 31.2 Å². The van der Waals surface area contributed by atoms with Gasteiger partial charge in [-0.25, -0.2) is 0 Å². The van der Waals surface area contributed by atoms with Gasteiger partial charge in [0, 0.05) is 24.2 Å². The summed E-state index contributed by atoms with van der Waals surface area (Å²) in [6.45, 7) is 12.6. The third-order valence-corrected chi connectivity index (χ3v) is 5.87. The summed E-state index contributed by atoms with van der Waals surface area (Å²) in [4.78, 5) is 9.80. The lowest BCUT2D eigenvalue weighted by Crippen LogP contribution is -2.29. The number of fused-ring (bicyclic) bond motifs is 4. The fourth-order valence-electron chi connectivity index (χ4n) is 3.77. The van der Waals surface area contributed by atoms with Crippen molar-refractivity contribution in [2.45, 2.75) is 64.7 Å². The average molecular weight is 411 g/mol. The van der Waals surface area contributed by atoms with Gasteiger partial charge in [-0.2, -0.15) is 0 Å². The Kier molecular flexibility index (Phi) is 8.75. The Bertz CT molecular complexity index is 660. The zero-order valence-electron chi connectivity index (χ0n) is 18.9. The fourth-order valence-corrected chi connectivity index (χ4v) is 3.77. The molecule has 0 unspecified atom stereocenters. The van der Waals surface area contributed by atoms with Gasteiger partial charge in [0.05, 0.1) is 22.8 Å². The van der Waals surface area contributed by atoms with Crippen LogP contribution < -0.4 is 21.3 Å². The minimum Gasteiger partial charge on any atom is -0.309 e. The monoisotopic (exact) mass is 410 g/mol. The largest absolute Gasteiger partial charge is 0.309 e. The van der Waals surface area contributed by atoms with Crippen molar-refractivity contribution >= 4 is 0 Å². The van der Waals surface area contributed by atoms with Crippen molar-refractivity contribution in [2.75, 3.05) is 26.2 Å². The van der Waals surface area contributed by atoms with Crippen LogP contribution in [0.4, 0.5) is 0 Å². The van der Waals surface area contributed by atoms with Gasteiger partial charge < -0.3 is 21.3 Å². The van der Waals surface area contributed by atoms with Crippen molar-refractivity contribution in [3.63, 3.8) is 0 Å². The number of aromatic nitrogens is 2. The third-order valence-electron chi connectivity index (χ3n) is 5.87. The molecule has 2 aromatic rings. The molecule has 30 heavy (non-hydrogen) atoms. The van der Waals surface area contributed by atoms with E-state index in [1.165, 1.54) is 0 Å². The summed E-state index contributed by atoms with van der Waals surface area (Å²) in [6.07, 6.45) is 2.12. The second kappa shape index (κ2) is 11.5. The van der Waals surface area contributed by atoms with Crippen molar-refractivity contribution in [2.24, 2.45) is 0 Å². The van der Waals surface area contributed by atoms with Crippen LogP contribution >= 0.6 is 0 Å². The average Bonchev–Trinajstić information content (AvgIpc) is 2.77. The molecule has 0 amide bonds. The van der Waals surface area contributed by atoms with Crippen LogP contribution in [0.5, 0.6) is 0 Å². The summed E-state index contributed by atoms with van der Waals surface area (Å²) in [6, 6.07) is 13.7. The molecule has 4 bridgehead atoms. The maximum absolute atomic E-state index is 4.90. The van der Waals surface area contributed by atoms with Crippen molar-refractivity contribution in [3.05, 3.63) is 59.2 Å². The molecule has 3 rings (SSSR count). The molecule has 0 spiro atoms. The second-order valence-corrected chi connectivity index (χ2v) is 8.38. The predicted molar refractivity (Wildman–Crippen MR) is 123 cm³/mol. The normalized spacial score (nSPS) is 27.3. The first-order valence-electron chi connectivity index (χ1n) is 11.4. The number of nitrogens with zero attached hydrogens (tertiary/aromatic N) is 2. The van der Waals surface area contributed by atoms with E-state index < -0.39 is 0 Å². The highest BCUT2D eigenvalue weighted by Crippen LogP contribution is 2.16. The quantitative estimate of drug-likeness (QED) is 0.532. The van der Waals surface area contributed by atoms with E-state index in [-0.39, 0.29) is 24.2 Å². The predicted octanol–water partition coefficient (Wildman–Crippen LogP) is 3.57. The molecule has 3 heterocycles.